The van der Waals surface area contributed by atoms with Crippen LogP contribution in [0, 0.1) is 5.82 Å². The van der Waals surface area contributed by atoms with Gasteiger partial charge in [0.25, 0.3) is 5.91 Å². The molecule has 0 saturated carbocycles. The molecule has 0 unspecified atom stereocenters. The highest BCUT2D eigenvalue weighted by Gasteiger charge is 2.28. The van der Waals surface area contributed by atoms with E-state index < -0.39 is 28.3 Å². The zero-order valence-electron chi connectivity index (χ0n) is 22.3. The van der Waals surface area contributed by atoms with E-state index in [2.05, 4.69) is 5.32 Å². The van der Waals surface area contributed by atoms with E-state index in [1.807, 2.05) is 6.07 Å². The monoisotopic (exact) mass is 573 g/mol. The van der Waals surface area contributed by atoms with Crippen LogP contribution in [0.25, 0.3) is 0 Å². The molecule has 0 atom stereocenters. The molecule has 0 aliphatic carbocycles. The number of methoxy groups -OCH3 is 1. The van der Waals surface area contributed by atoms with Crippen LogP contribution in [0.4, 0.5) is 15.8 Å². The molecule has 1 N–H and O–H groups in total. The maximum absolute atomic E-state index is 13.5. The lowest BCUT2D eigenvalue weighted by Gasteiger charge is -2.22. The third-order valence-corrected chi connectivity index (χ3v) is 8.63. The molecule has 8 nitrogen and oxygen atoms in total. The number of hydrogen-bond donors (Lipinski definition) is 1. The Morgan fingerprint density at radius 3 is 2.34 bits per heavy atom. The first kappa shape index (κ1) is 28.0. The quantitative estimate of drug-likeness (QED) is 0.308. The van der Waals surface area contributed by atoms with E-state index in [4.69, 9.17) is 4.74 Å². The van der Waals surface area contributed by atoms with Crippen molar-refractivity contribution >= 4 is 33.2 Å². The number of carbonyl (C=O) groups is 2. The maximum atomic E-state index is 13.5. The van der Waals surface area contributed by atoms with Crippen molar-refractivity contribution in [2.75, 3.05) is 30.4 Å². The Bertz CT molecular complexity index is 1660. The van der Waals surface area contributed by atoms with Crippen LogP contribution in [0.5, 0.6) is 5.75 Å². The van der Waals surface area contributed by atoms with Crippen molar-refractivity contribution < 1.29 is 27.1 Å². The molecule has 4 aromatic carbocycles. The lowest BCUT2D eigenvalue weighted by atomic mass is 10.1. The molecule has 0 aromatic heterocycles. The second-order valence-electron chi connectivity index (χ2n) is 9.54. The zero-order valence-corrected chi connectivity index (χ0v) is 23.1. The van der Waals surface area contributed by atoms with Crippen molar-refractivity contribution in [1.29, 1.82) is 0 Å². The molecule has 2 amide bonds. The van der Waals surface area contributed by atoms with Gasteiger partial charge in [-0.1, -0.05) is 36.4 Å². The summed E-state index contributed by atoms with van der Waals surface area (Å²) in [5.41, 5.74) is 3.12. The highest BCUT2D eigenvalue weighted by atomic mass is 32.2. The van der Waals surface area contributed by atoms with Crippen LogP contribution >= 0.6 is 0 Å². The Hall–Kier alpha value is -4.54. The molecule has 0 radical (unpaired) electrons. The van der Waals surface area contributed by atoms with Crippen LogP contribution in [0.1, 0.15) is 21.5 Å². The summed E-state index contributed by atoms with van der Waals surface area (Å²) < 4.78 is 46.6. The standard InChI is InChI=1S/C31H28FN3O5S/c1-40-27-15-10-24(11-16-27)31(37)35-18-17-23-9-14-26(19-29(23)35)33-30(36)21-34(20-22-7-12-25(32)13-8-22)41(38,39)28-5-3-2-4-6-28/h2-16,19H,17-18,20-21H2,1H3,(H,33,36). The third kappa shape index (κ3) is 6.29. The minimum Gasteiger partial charge on any atom is -0.497 e. The van der Waals surface area contributed by atoms with Gasteiger partial charge in [0.05, 0.1) is 18.6 Å². The zero-order chi connectivity index (χ0) is 29.0. The number of halogens is 1. The van der Waals surface area contributed by atoms with E-state index in [9.17, 15) is 22.4 Å². The van der Waals surface area contributed by atoms with Crippen LogP contribution in [-0.4, -0.2) is 44.7 Å². The Kier molecular flexibility index (Phi) is 8.14. The number of benzene rings is 4. The summed E-state index contributed by atoms with van der Waals surface area (Å²) in [5.74, 6) is -0.525. The fraction of sp³-hybridized carbons (Fsp3) is 0.161. The van der Waals surface area contributed by atoms with Gasteiger partial charge < -0.3 is 15.0 Å². The molecule has 10 heteroatoms. The fourth-order valence-corrected chi connectivity index (χ4v) is 6.08. The van der Waals surface area contributed by atoms with Crippen LogP contribution in [0.15, 0.2) is 102 Å². The average molecular weight is 574 g/mol. The predicted molar refractivity (Wildman–Crippen MR) is 154 cm³/mol. The second kappa shape index (κ2) is 11.9. The van der Waals surface area contributed by atoms with E-state index in [1.54, 1.807) is 66.6 Å². The highest BCUT2D eigenvalue weighted by molar-refractivity contribution is 7.89. The number of anilines is 2. The first-order valence-electron chi connectivity index (χ1n) is 12.9. The molecule has 210 valence electrons. The minimum atomic E-state index is -4.05. The van der Waals surface area contributed by atoms with Crippen molar-refractivity contribution in [3.63, 3.8) is 0 Å². The molecule has 0 spiro atoms. The van der Waals surface area contributed by atoms with Gasteiger partial charge in [-0.2, -0.15) is 4.31 Å². The first-order chi connectivity index (χ1) is 19.7. The maximum Gasteiger partial charge on any atom is 0.258 e. The number of rotatable bonds is 9. The van der Waals surface area contributed by atoms with Gasteiger partial charge in [0.2, 0.25) is 15.9 Å². The van der Waals surface area contributed by atoms with Crippen molar-refractivity contribution in [2.45, 2.75) is 17.9 Å². The summed E-state index contributed by atoms with van der Waals surface area (Å²) in [6.07, 6.45) is 0.673. The Morgan fingerprint density at radius 1 is 0.951 bits per heavy atom. The number of nitrogens with one attached hydrogen (secondary N) is 1. The summed E-state index contributed by atoms with van der Waals surface area (Å²) in [4.78, 5) is 28.1. The number of carbonyl (C=O) groups excluding carboxylic acids is 2. The molecule has 1 heterocycles. The summed E-state index contributed by atoms with van der Waals surface area (Å²) >= 11 is 0. The Morgan fingerprint density at radius 2 is 1.66 bits per heavy atom. The summed E-state index contributed by atoms with van der Waals surface area (Å²) in [7, 11) is -2.49. The van der Waals surface area contributed by atoms with E-state index in [1.165, 1.54) is 36.4 Å². The van der Waals surface area contributed by atoms with E-state index in [0.29, 0.717) is 41.2 Å². The Labute approximate surface area is 238 Å². The van der Waals surface area contributed by atoms with E-state index in [-0.39, 0.29) is 17.3 Å². The number of fused-ring (bicyclic) bond motifs is 1. The molecule has 0 fully saturated rings. The first-order valence-corrected chi connectivity index (χ1v) is 14.4. The van der Waals surface area contributed by atoms with Crippen LogP contribution in [-0.2, 0) is 27.8 Å². The van der Waals surface area contributed by atoms with E-state index in [0.717, 1.165) is 9.87 Å². The molecule has 5 rings (SSSR count). The number of amides is 2. The van der Waals surface area contributed by atoms with Gasteiger partial charge in [-0.25, -0.2) is 12.8 Å². The minimum absolute atomic E-state index is 0.0418. The number of ether oxygens (including phenoxy) is 1. The molecule has 0 bridgehead atoms. The topological polar surface area (TPSA) is 96.0 Å². The van der Waals surface area contributed by atoms with Crippen LogP contribution in [0.2, 0.25) is 0 Å². The molecule has 1 aliphatic heterocycles. The summed E-state index contributed by atoms with van der Waals surface area (Å²) in [6.45, 7) is -0.0994. The highest BCUT2D eigenvalue weighted by Crippen LogP contribution is 2.32. The molecule has 41 heavy (non-hydrogen) atoms. The summed E-state index contributed by atoms with van der Waals surface area (Å²) in [5, 5.41) is 2.78. The Balaban J connectivity index is 1.35. The van der Waals surface area contributed by atoms with E-state index >= 15 is 0 Å². The molecule has 1 aliphatic rings. The van der Waals surface area contributed by atoms with Gasteiger partial charge in [0.15, 0.2) is 0 Å². The lowest BCUT2D eigenvalue weighted by molar-refractivity contribution is -0.116. The smallest absolute Gasteiger partial charge is 0.258 e. The largest absolute Gasteiger partial charge is 0.497 e. The molecule has 0 saturated heterocycles. The van der Waals surface area contributed by atoms with Crippen molar-refractivity contribution in [1.82, 2.24) is 4.31 Å². The molecular weight excluding hydrogens is 545 g/mol. The van der Waals surface area contributed by atoms with Gasteiger partial charge in [-0.15, -0.1) is 0 Å². The number of hydrogen-bond acceptors (Lipinski definition) is 5. The SMILES string of the molecule is COc1ccc(C(=O)N2CCc3ccc(NC(=O)CN(Cc4ccc(F)cc4)S(=O)(=O)c4ccccc4)cc32)cc1. The van der Waals surface area contributed by atoms with Crippen molar-refractivity contribution in [3.05, 3.63) is 120 Å². The van der Waals surface area contributed by atoms with Crippen molar-refractivity contribution in [3.8, 4) is 5.75 Å². The van der Waals surface area contributed by atoms with Gasteiger partial charge in [-0.05, 0) is 78.2 Å². The molecular formula is C31H28FN3O5S. The number of nitrogens with zero attached hydrogens (tertiary/aromatic N) is 2. The fourth-order valence-electron chi connectivity index (χ4n) is 4.68. The normalized spacial score (nSPS) is 12.7. The summed E-state index contributed by atoms with van der Waals surface area (Å²) in [6, 6.07) is 25.4. The predicted octanol–water partition coefficient (Wildman–Crippen LogP) is 4.87. The second-order valence-corrected chi connectivity index (χ2v) is 11.5. The van der Waals surface area contributed by atoms with Gasteiger partial charge >= 0.3 is 0 Å². The third-order valence-electron chi connectivity index (χ3n) is 6.82. The van der Waals surface area contributed by atoms with Gasteiger partial charge in [0.1, 0.15) is 11.6 Å². The van der Waals surface area contributed by atoms with Gasteiger partial charge in [0, 0.05) is 30.0 Å². The lowest BCUT2D eigenvalue weighted by Crippen LogP contribution is -2.37. The van der Waals surface area contributed by atoms with Crippen LogP contribution in [0.3, 0.4) is 0 Å². The average Bonchev–Trinajstić information content (AvgIpc) is 3.41. The van der Waals surface area contributed by atoms with Crippen LogP contribution < -0.4 is 15.0 Å². The molecule has 4 aromatic rings. The van der Waals surface area contributed by atoms with Crippen molar-refractivity contribution in [2.24, 2.45) is 0 Å². The number of sulfonamides is 1. The van der Waals surface area contributed by atoms with Gasteiger partial charge in [-0.3, -0.25) is 9.59 Å².